The Morgan fingerprint density at radius 2 is 2.00 bits per heavy atom. The van der Waals surface area contributed by atoms with Gasteiger partial charge in [-0.3, -0.25) is 20.0 Å². The minimum atomic E-state index is -0.397. The average molecular weight is 264 g/mol. The Balaban J connectivity index is 1.97. The van der Waals surface area contributed by atoms with Crippen LogP contribution in [-0.4, -0.2) is 47.5 Å². The summed E-state index contributed by atoms with van der Waals surface area (Å²) in [6.45, 7) is 9.35. The molecule has 1 aromatic rings. The molecular weight excluding hydrogens is 244 g/mol. The highest BCUT2D eigenvalue weighted by molar-refractivity contribution is 5.50. The predicted molar refractivity (Wildman–Crippen MR) is 74.4 cm³/mol. The summed E-state index contributed by atoms with van der Waals surface area (Å²) < 4.78 is 0. The molecule has 6 heteroatoms. The highest BCUT2D eigenvalue weighted by atomic mass is 16.6. The van der Waals surface area contributed by atoms with Crippen LogP contribution in [0.5, 0.6) is 0 Å². The van der Waals surface area contributed by atoms with Crippen molar-refractivity contribution in [3.8, 4) is 0 Å². The zero-order valence-electron chi connectivity index (χ0n) is 11.5. The minimum absolute atomic E-state index is 0.0575. The van der Waals surface area contributed by atoms with Crippen molar-refractivity contribution in [1.82, 2.24) is 9.88 Å². The van der Waals surface area contributed by atoms with Crippen LogP contribution in [0.25, 0.3) is 0 Å². The number of hydrogen-bond acceptors (Lipinski definition) is 5. The number of anilines is 1. The Hall–Kier alpha value is -1.69. The van der Waals surface area contributed by atoms with Gasteiger partial charge in [0.15, 0.2) is 0 Å². The maximum absolute atomic E-state index is 10.7. The molecule has 1 aliphatic heterocycles. The third kappa shape index (κ3) is 3.64. The van der Waals surface area contributed by atoms with Crippen molar-refractivity contribution in [3.63, 3.8) is 0 Å². The van der Waals surface area contributed by atoms with Crippen molar-refractivity contribution >= 4 is 11.4 Å². The van der Waals surface area contributed by atoms with Crippen molar-refractivity contribution in [1.29, 1.82) is 0 Å². The van der Waals surface area contributed by atoms with E-state index in [1.807, 2.05) is 0 Å². The van der Waals surface area contributed by atoms with Crippen molar-refractivity contribution in [3.05, 3.63) is 28.6 Å². The SMILES string of the molecule is CC(C)CN1CCN(c2cncc([N+](=O)[O-])c2)CC1. The molecule has 104 valence electrons. The quantitative estimate of drug-likeness (QED) is 0.612. The lowest BCUT2D eigenvalue weighted by molar-refractivity contribution is -0.385. The molecular formula is C13H20N4O2. The summed E-state index contributed by atoms with van der Waals surface area (Å²) in [4.78, 5) is 18.9. The standard InChI is InChI=1S/C13H20N4O2/c1-11(2)10-15-3-5-16(6-4-15)12-7-13(17(18)19)9-14-8-12/h7-9,11H,3-6,10H2,1-2H3. The molecule has 1 aliphatic rings. The Morgan fingerprint density at radius 1 is 1.32 bits per heavy atom. The molecule has 0 aliphatic carbocycles. The van der Waals surface area contributed by atoms with Gasteiger partial charge < -0.3 is 4.90 Å². The van der Waals surface area contributed by atoms with E-state index in [-0.39, 0.29) is 5.69 Å². The molecule has 0 bridgehead atoms. The van der Waals surface area contributed by atoms with E-state index in [4.69, 9.17) is 0 Å². The fourth-order valence-corrected chi connectivity index (χ4v) is 2.39. The van der Waals surface area contributed by atoms with Gasteiger partial charge in [0.25, 0.3) is 5.69 Å². The van der Waals surface area contributed by atoms with Gasteiger partial charge in [-0.25, -0.2) is 0 Å². The average Bonchev–Trinajstić information content (AvgIpc) is 2.39. The van der Waals surface area contributed by atoms with E-state index in [1.54, 1.807) is 12.3 Å². The smallest absolute Gasteiger partial charge is 0.289 e. The number of hydrogen-bond donors (Lipinski definition) is 0. The summed E-state index contributed by atoms with van der Waals surface area (Å²) >= 11 is 0. The predicted octanol–water partition coefficient (Wildman–Crippen LogP) is 1.77. The number of piperazine rings is 1. The lowest BCUT2D eigenvalue weighted by Gasteiger charge is -2.36. The van der Waals surface area contributed by atoms with Crippen LogP contribution in [0, 0.1) is 16.0 Å². The summed E-state index contributed by atoms with van der Waals surface area (Å²) in [5.41, 5.74) is 0.903. The second-order valence-electron chi connectivity index (χ2n) is 5.34. The molecule has 0 spiro atoms. The first-order valence-electron chi connectivity index (χ1n) is 6.63. The van der Waals surface area contributed by atoms with Gasteiger partial charge >= 0.3 is 0 Å². The second kappa shape index (κ2) is 5.97. The summed E-state index contributed by atoms with van der Waals surface area (Å²) in [6, 6.07) is 1.60. The van der Waals surface area contributed by atoms with E-state index in [9.17, 15) is 10.1 Å². The first-order valence-corrected chi connectivity index (χ1v) is 6.63. The fraction of sp³-hybridized carbons (Fsp3) is 0.615. The third-order valence-corrected chi connectivity index (χ3v) is 3.28. The molecule has 19 heavy (non-hydrogen) atoms. The number of pyridine rings is 1. The first-order chi connectivity index (χ1) is 9.06. The van der Waals surface area contributed by atoms with Gasteiger partial charge in [0.05, 0.1) is 16.8 Å². The Kier molecular flexibility index (Phi) is 4.31. The van der Waals surface area contributed by atoms with Crippen molar-refractivity contribution < 1.29 is 4.92 Å². The van der Waals surface area contributed by atoms with Gasteiger partial charge in [0.2, 0.25) is 0 Å². The molecule has 0 saturated carbocycles. The molecule has 6 nitrogen and oxygen atoms in total. The molecule has 0 radical (unpaired) electrons. The van der Waals surface area contributed by atoms with Crippen LogP contribution >= 0.6 is 0 Å². The molecule has 0 atom stereocenters. The minimum Gasteiger partial charge on any atom is -0.368 e. The highest BCUT2D eigenvalue weighted by Crippen LogP contribution is 2.20. The normalized spacial score (nSPS) is 16.9. The van der Waals surface area contributed by atoms with Crippen LogP contribution in [0.3, 0.4) is 0 Å². The van der Waals surface area contributed by atoms with E-state index >= 15 is 0 Å². The molecule has 0 unspecified atom stereocenters. The van der Waals surface area contributed by atoms with Gasteiger partial charge in [0, 0.05) is 38.8 Å². The highest BCUT2D eigenvalue weighted by Gasteiger charge is 2.19. The molecule has 1 saturated heterocycles. The van der Waals surface area contributed by atoms with Crippen LogP contribution in [0.15, 0.2) is 18.5 Å². The lowest BCUT2D eigenvalue weighted by Crippen LogP contribution is -2.47. The van der Waals surface area contributed by atoms with Crippen molar-refractivity contribution in [2.75, 3.05) is 37.6 Å². The Bertz CT molecular complexity index is 442. The molecule has 0 aromatic carbocycles. The summed E-state index contributed by atoms with van der Waals surface area (Å²) in [6.07, 6.45) is 2.99. The molecule has 2 heterocycles. The van der Waals surface area contributed by atoms with Crippen LogP contribution in [0.2, 0.25) is 0 Å². The van der Waals surface area contributed by atoms with Crippen LogP contribution in [0.1, 0.15) is 13.8 Å². The molecule has 2 rings (SSSR count). The molecule has 0 amide bonds. The zero-order chi connectivity index (χ0) is 13.8. The van der Waals surface area contributed by atoms with E-state index in [1.165, 1.54) is 6.20 Å². The van der Waals surface area contributed by atoms with E-state index in [0.29, 0.717) is 5.92 Å². The van der Waals surface area contributed by atoms with Crippen molar-refractivity contribution in [2.45, 2.75) is 13.8 Å². The van der Waals surface area contributed by atoms with Gasteiger partial charge in [-0.2, -0.15) is 0 Å². The lowest BCUT2D eigenvalue weighted by atomic mass is 10.2. The first kappa shape index (κ1) is 13.7. The topological polar surface area (TPSA) is 62.5 Å². The van der Waals surface area contributed by atoms with Gasteiger partial charge in [-0.15, -0.1) is 0 Å². The van der Waals surface area contributed by atoms with Crippen LogP contribution in [-0.2, 0) is 0 Å². The van der Waals surface area contributed by atoms with Gasteiger partial charge in [-0.1, -0.05) is 13.8 Å². The van der Waals surface area contributed by atoms with E-state index < -0.39 is 4.92 Å². The molecule has 0 N–H and O–H groups in total. The largest absolute Gasteiger partial charge is 0.368 e. The van der Waals surface area contributed by atoms with Gasteiger partial charge in [-0.05, 0) is 5.92 Å². The summed E-state index contributed by atoms with van der Waals surface area (Å²) in [5, 5.41) is 10.7. The third-order valence-electron chi connectivity index (χ3n) is 3.28. The molecule has 1 aromatic heterocycles. The Labute approximate surface area is 113 Å². The van der Waals surface area contributed by atoms with Crippen molar-refractivity contribution in [2.24, 2.45) is 5.92 Å². The number of nitro groups is 1. The Morgan fingerprint density at radius 3 is 2.58 bits per heavy atom. The van der Waals surface area contributed by atoms with E-state index in [2.05, 4.69) is 28.6 Å². The fourth-order valence-electron chi connectivity index (χ4n) is 2.39. The number of aromatic nitrogens is 1. The van der Waals surface area contributed by atoms with Gasteiger partial charge in [0.1, 0.15) is 6.20 Å². The van der Waals surface area contributed by atoms with Crippen LogP contribution < -0.4 is 4.90 Å². The number of rotatable bonds is 4. The zero-order valence-corrected chi connectivity index (χ0v) is 11.5. The maximum Gasteiger partial charge on any atom is 0.289 e. The monoisotopic (exact) mass is 264 g/mol. The van der Waals surface area contributed by atoms with E-state index in [0.717, 1.165) is 38.4 Å². The second-order valence-corrected chi connectivity index (χ2v) is 5.34. The summed E-state index contributed by atoms with van der Waals surface area (Å²) in [5.74, 6) is 0.672. The molecule has 1 fully saturated rings. The van der Waals surface area contributed by atoms with Crippen LogP contribution in [0.4, 0.5) is 11.4 Å². The maximum atomic E-state index is 10.7. The number of nitrogens with zero attached hydrogens (tertiary/aromatic N) is 4. The summed E-state index contributed by atoms with van der Waals surface area (Å²) in [7, 11) is 0.